The molecule has 5 nitrogen and oxygen atoms in total. The molecule has 8 heteroatoms. The molecule has 5 rings (SSSR count). The van der Waals surface area contributed by atoms with Gasteiger partial charge in [-0.2, -0.15) is 0 Å². The molecular weight excluding hydrogens is 455 g/mol. The van der Waals surface area contributed by atoms with Gasteiger partial charge in [-0.25, -0.2) is 9.99 Å². The Balaban J connectivity index is 1.63. The number of carbonyl (C=O) groups excluding carboxylic acids is 1. The van der Waals surface area contributed by atoms with Gasteiger partial charge in [-0.3, -0.25) is 10.2 Å². The third-order valence-corrected chi connectivity index (χ3v) is 5.86. The molecule has 1 aliphatic rings. The van der Waals surface area contributed by atoms with Crippen molar-refractivity contribution in [3.05, 3.63) is 99.1 Å². The van der Waals surface area contributed by atoms with Gasteiger partial charge in [-0.05, 0) is 60.7 Å². The Morgan fingerprint density at radius 1 is 0.903 bits per heavy atom. The lowest BCUT2D eigenvalue weighted by molar-refractivity contribution is 0.0733. The average Bonchev–Trinajstić information content (AvgIpc) is 2.77. The number of aromatic nitrogens is 1. The van der Waals surface area contributed by atoms with Gasteiger partial charge in [0.15, 0.2) is 6.17 Å². The summed E-state index contributed by atoms with van der Waals surface area (Å²) in [6.45, 7) is 0. The van der Waals surface area contributed by atoms with E-state index in [4.69, 9.17) is 34.8 Å². The van der Waals surface area contributed by atoms with Crippen molar-refractivity contribution >= 4 is 63.0 Å². The first-order chi connectivity index (χ1) is 15.0. The van der Waals surface area contributed by atoms with Crippen LogP contribution in [0.25, 0.3) is 10.9 Å². The first kappa shape index (κ1) is 19.9. The van der Waals surface area contributed by atoms with Gasteiger partial charge in [0.2, 0.25) is 0 Å². The smallest absolute Gasteiger partial charge is 0.276 e. The number of anilines is 2. The Hall–Kier alpha value is -2.99. The molecular formula is C23H15Cl3N4O. The fraction of sp³-hybridized carbons (Fsp3) is 0.0435. The summed E-state index contributed by atoms with van der Waals surface area (Å²) < 4.78 is 0. The average molecular weight is 470 g/mol. The normalized spacial score (nSPS) is 15.5. The number of hydrogen-bond donors (Lipinski definition) is 2. The van der Waals surface area contributed by atoms with Crippen LogP contribution in [0.1, 0.15) is 22.1 Å². The van der Waals surface area contributed by atoms with Gasteiger partial charge in [-0.15, -0.1) is 0 Å². The predicted molar refractivity (Wildman–Crippen MR) is 126 cm³/mol. The summed E-state index contributed by atoms with van der Waals surface area (Å²) in [7, 11) is 0. The standard InChI is InChI=1S/C23H15Cl3N4O/c24-14-5-8-16(9-6-14)29-30-22(28-20-4-2-1-3-17(20)23(30)31)18-12-13-11-15(25)7-10-19(13)27-21(18)26/h1-12,22,28-29H. The third kappa shape index (κ3) is 3.76. The molecule has 0 aliphatic carbocycles. The number of fused-ring (bicyclic) bond motifs is 2. The molecule has 3 aromatic carbocycles. The molecule has 0 radical (unpaired) electrons. The highest BCUT2D eigenvalue weighted by Gasteiger charge is 2.35. The van der Waals surface area contributed by atoms with Crippen molar-refractivity contribution in [3.8, 4) is 0 Å². The molecule has 0 fully saturated rings. The van der Waals surface area contributed by atoms with E-state index in [2.05, 4.69) is 15.7 Å². The minimum absolute atomic E-state index is 0.198. The van der Waals surface area contributed by atoms with Crippen molar-refractivity contribution in [1.29, 1.82) is 0 Å². The van der Waals surface area contributed by atoms with Crippen LogP contribution in [0.5, 0.6) is 0 Å². The lowest BCUT2D eigenvalue weighted by Gasteiger charge is -2.38. The summed E-state index contributed by atoms with van der Waals surface area (Å²) in [5.41, 5.74) is 6.52. The van der Waals surface area contributed by atoms with Crippen LogP contribution in [0.3, 0.4) is 0 Å². The van der Waals surface area contributed by atoms with Gasteiger partial charge in [-0.1, -0.05) is 46.9 Å². The van der Waals surface area contributed by atoms with Crippen molar-refractivity contribution in [1.82, 2.24) is 9.99 Å². The number of benzene rings is 3. The van der Waals surface area contributed by atoms with E-state index in [0.717, 1.165) is 10.9 Å². The van der Waals surface area contributed by atoms with E-state index in [1.54, 1.807) is 36.4 Å². The molecule has 0 saturated heterocycles. The molecule has 31 heavy (non-hydrogen) atoms. The van der Waals surface area contributed by atoms with Crippen LogP contribution in [0, 0.1) is 0 Å². The predicted octanol–water partition coefficient (Wildman–Crippen LogP) is 6.79. The lowest BCUT2D eigenvalue weighted by Crippen LogP contribution is -2.46. The van der Waals surface area contributed by atoms with Crippen LogP contribution in [0.2, 0.25) is 15.2 Å². The Labute approximate surface area is 193 Å². The second-order valence-corrected chi connectivity index (χ2v) is 8.32. The maximum Gasteiger partial charge on any atom is 0.276 e. The van der Waals surface area contributed by atoms with E-state index in [1.807, 2.05) is 36.4 Å². The number of rotatable bonds is 3. The number of amides is 1. The zero-order valence-electron chi connectivity index (χ0n) is 15.9. The van der Waals surface area contributed by atoms with Crippen LogP contribution >= 0.6 is 34.8 Å². The quantitative estimate of drug-likeness (QED) is 0.324. The van der Waals surface area contributed by atoms with Gasteiger partial charge in [0, 0.05) is 26.7 Å². The zero-order chi connectivity index (χ0) is 21.5. The molecule has 2 heterocycles. The molecule has 1 amide bonds. The second kappa shape index (κ2) is 7.93. The van der Waals surface area contributed by atoms with Crippen LogP contribution in [-0.4, -0.2) is 15.9 Å². The van der Waals surface area contributed by atoms with E-state index in [-0.39, 0.29) is 5.91 Å². The largest absolute Gasteiger partial charge is 0.359 e. The fourth-order valence-corrected chi connectivity index (χ4v) is 4.14. The number of nitrogens with zero attached hydrogens (tertiary/aromatic N) is 2. The van der Waals surface area contributed by atoms with E-state index in [1.165, 1.54) is 5.01 Å². The van der Waals surface area contributed by atoms with Crippen molar-refractivity contribution in [2.24, 2.45) is 0 Å². The van der Waals surface area contributed by atoms with Crippen LogP contribution in [0.15, 0.2) is 72.8 Å². The van der Waals surface area contributed by atoms with Gasteiger partial charge in [0.1, 0.15) is 5.15 Å². The molecule has 0 bridgehead atoms. The molecule has 4 aromatic rings. The van der Waals surface area contributed by atoms with Crippen LogP contribution < -0.4 is 10.7 Å². The molecule has 1 atom stereocenters. The number of hydrazine groups is 1. The minimum atomic E-state index is -0.610. The van der Waals surface area contributed by atoms with E-state index in [9.17, 15) is 4.79 Å². The maximum absolute atomic E-state index is 13.4. The van der Waals surface area contributed by atoms with E-state index < -0.39 is 6.17 Å². The van der Waals surface area contributed by atoms with Gasteiger partial charge < -0.3 is 5.32 Å². The highest BCUT2D eigenvalue weighted by molar-refractivity contribution is 6.32. The lowest BCUT2D eigenvalue weighted by atomic mass is 10.0. The maximum atomic E-state index is 13.4. The molecule has 1 unspecified atom stereocenters. The van der Waals surface area contributed by atoms with Gasteiger partial charge >= 0.3 is 0 Å². The monoisotopic (exact) mass is 468 g/mol. The Bertz CT molecular complexity index is 1310. The van der Waals surface area contributed by atoms with Crippen molar-refractivity contribution < 1.29 is 4.79 Å². The summed E-state index contributed by atoms with van der Waals surface area (Å²) in [5.74, 6) is -0.198. The summed E-state index contributed by atoms with van der Waals surface area (Å²) in [6.07, 6.45) is -0.610. The van der Waals surface area contributed by atoms with Crippen molar-refractivity contribution in [2.75, 3.05) is 10.7 Å². The Morgan fingerprint density at radius 3 is 2.45 bits per heavy atom. The van der Waals surface area contributed by atoms with E-state index in [0.29, 0.717) is 37.7 Å². The highest BCUT2D eigenvalue weighted by Crippen LogP contribution is 2.37. The summed E-state index contributed by atoms with van der Waals surface area (Å²) in [6, 6.07) is 21.7. The van der Waals surface area contributed by atoms with Crippen molar-refractivity contribution in [2.45, 2.75) is 6.17 Å². The number of halogens is 3. The van der Waals surface area contributed by atoms with Crippen LogP contribution in [0.4, 0.5) is 11.4 Å². The third-order valence-electron chi connectivity index (χ3n) is 5.07. The summed E-state index contributed by atoms with van der Waals surface area (Å²) >= 11 is 18.8. The zero-order valence-corrected chi connectivity index (χ0v) is 18.2. The Kier molecular flexibility index (Phi) is 5.10. The highest BCUT2D eigenvalue weighted by atomic mass is 35.5. The SMILES string of the molecule is O=C1c2ccccc2NC(c2cc3cc(Cl)ccc3nc2Cl)N1Nc1ccc(Cl)cc1. The van der Waals surface area contributed by atoms with Crippen molar-refractivity contribution in [3.63, 3.8) is 0 Å². The first-order valence-electron chi connectivity index (χ1n) is 9.47. The number of pyridine rings is 1. The fourth-order valence-electron chi connectivity index (χ4n) is 3.58. The molecule has 2 N–H and O–H groups in total. The summed E-state index contributed by atoms with van der Waals surface area (Å²) in [4.78, 5) is 17.9. The molecule has 1 aromatic heterocycles. The van der Waals surface area contributed by atoms with Crippen LogP contribution in [-0.2, 0) is 0 Å². The molecule has 1 aliphatic heterocycles. The molecule has 0 spiro atoms. The van der Waals surface area contributed by atoms with Gasteiger partial charge in [0.05, 0.1) is 16.8 Å². The number of para-hydroxylation sites is 1. The number of carbonyl (C=O) groups is 1. The van der Waals surface area contributed by atoms with E-state index >= 15 is 0 Å². The molecule has 154 valence electrons. The number of hydrogen-bond acceptors (Lipinski definition) is 4. The van der Waals surface area contributed by atoms with Gasteiger partial charge in [0.25, 0.3) is 5.91 Å². The first-order valence-corrected chi connectivity index (χ1v) is 10.6. The summed E-state index contributed by atoms with van der Waals surface area (Å²) in [5, 5.41) is 7.23. The minimum Gasteiger partial charge on any atom is -0.359 e. The topological polar surface area (TPSA) is 57.3 Å². The molecule has 0 saturated carbocycles. The Morgan fingerprint density at radius 2 is 1.65 bits per heavy atom. The number of nitrogens with one attached hydrogen (secondary N) is 2. The second-order valence-electron chi connectivity index (χ2n) is 7.09.